The first-order valence-corrected chi connectivity index (χ1v) is 7.97. The van der Waals surface area contributed by atoms with Gasteiger partial charge in [-0.15, -0.1) is 0 Å². The van der Waals surface area contributed by atoms with Gasteiger partial charge in [0.15, 0.2) is 0 Å². The second kappa shape index (κ2) is 7.93. The quantitative estimate of drug-likeness (QED) is 0.595. The smallest absolute Gasteiger partial charge is 0.340 e. The minimum absolute atomic E-state index is 0.201. The fourth-order valence-electron chi connectivity index (χ4n) is 2.61. The van der Waals surface area contributed by atoms with Crippen LogP contribution in [0.4, 0.5) is 0 Å². The Balaban J connectivity index is 2.44. The molecule has 1 aliphatic rings. The number of carbonyl (C=O) groups excluding carboxylic acids is 2. The molecule has 0 radical (unpaired) electrons. The normalized spacial score (nSPS) is 16.2. The van der Waals surface area contributed by atoms with Crippen molar-refractivity contribution >= 4 is 18.0 Å². The van der Waals surface area contributed by atoms with Crippen LogP contribution in [0.5, 0.6) is 0 Å². The fraction of sp³-hybridized carbons (Fsp3) is 0.368. The molecule has 0 saturated heterocycles. The Morgan fingerprint density at radius 3 is 2.46 bits per heavy atom. The van der Waals surface area contributed by atoms with E-state index in [9.17, 15) is 9.59 Å². The van der Waals surface area contributed by atoms with Crippen LogP contribution in [0.2, 0.25) is 0 Å². The standard InChI is InChI=1S/C19H23NO4/c1-5-24-19(22)17-14(3)20(10-11-23-4)18(21)16(17)12-15-8-6-13(2)7-9-15/h6-9,12H,5,10-11H2,1-4H3/b16-12+. The van der Waals surface area contributed by atoms with Crippen molar-refractivity contribution in [3.8, 4) is 0 Å². The number of carbonyl (C=O) groups is 2. The van der Waals surface area contributed by atoms with Gasteiger partial charge in [-0.3, -0.25) is 4.79 Å². The average molecular weight is 329 g/mol. The van der Waals surface area contributed by atoms with Gasteiger partial charge in [0, 0.05) is 19.4 Å². The lowest BCUT2D eigenvalue weighted by Gasteiger charge is -2.16. The van der Waals surface area contributed by atoms with Crippen LogP contribution >= 0.6 is 0 Å². The van der Waals surface area contributed by atoms with Crippen LogP contribution in [0.3, 0.4) is 0 Å². The third kappa shape index (κ3) is 3.74. The lowest BCUT2D eigenvalue weighted by Crippen LogP contribution is -2.28. The van der Waals surface area contributed by atoms with Gasteiger partial charge in [0.25, 0.3) is 5.91 Å². The first-order valence-electron chi connectivity index (χ1n) is 7.97. The Kier molecular flexibility index (Phi) is 5.93. The molecule has 0 fully saturated rings. The summed E-state index contributed by atoms with van der Waals surface area (Å²) >= 11 is 0. The summed E-state index contributed by atoms with van der Waals surface area (Å²) in [7, 11) is 1.58. The second-order valence-corrected chi connectivity index (χ2v) is 5.60. The summed E-state index contributed by atoms with van der Waals surface area (Å²) in [4.78, 5) is 26.7. The molecule has 128 valence electrons. The predicted octanol–water partition coefficient (Wildman–Crippen LogP) is 2.70. The SMILES string of the molecule is CCOC(=O)C1=C(C)N(CCOC)C(=O)/C1=C/c1ccc(C)cc1. The van der Waals surface area contributed by atoms with E-state index in [0.29, 0.717) is 30.0 Å². The molecule has 0 unspecified atom stereocenters. The summed E-state index contributed by atoms with van der Waals surface area (Å²) in [5.74, 6) is -0.671. The van der Waals surface area contributed by atoms with Gasteiger partial charge < -0.3 is 14.4 Å². The number of methoxy groups -OCH3 is 1. The molecule has 1 aromatic rings. The first kappa shape index (κ1) is 17.9. The number of aryl methyl sites for hydroxylation is 1. The van der Waals surface area contributed by atoms with E-state index >= 15 is 0 Å². The Labute approximate surface area is 142 Å². The van der Waals surface area contributed by atoms with Gasteiger partial charge in [-0.2, -0.15) is 0 Å². The molecule has 2 rings (SSSR count). The molecular formula is C19H23NO4. The first-order chi connectivity index (χ1) is 11.5. The highest BCUT2D eigenvalue weighted by atomic mass is 16.5. The molecule has 0 atom stereocenters. The van der Waals surface area contributed by atoms with E-state index in [0.717, 1.165) is 11.1 Å². The van der Waals surface area contributed by atoms with Crippen molar-refractivity contribution in [3.05, 3.63) is 52.2 Å². The zero-order valence-corrected chi connectivity index (χ0v) is 14.6. The second-order valence-electron chi connectivity index (χ2n) is 5.60. The molecule has 1 amide bonds. The van der Waals surface area contributed by atoms with Crippen molar-refractivity contribution in [3.63, 3.8) is 0 Å². The van der Waals surface area contributed by atoms with Crippen LogP contribution < -0.4 is 0 Å². The fourth-order valence-corrected chi connectivity index (χ4v) is 2.61. The number of ether oxygens (including phenoxy) is 2. The summed E-state index contributed by atoms with van der Waals surface area (Å²) in [6.45, 7) is 6.57. The molecule has 0 aromatic heterocycles. The van der Waals surface area contributed by atoms with Gasteiger partial charge in [-0.05, 0) is 32.4 Å². The van der Waals surface area contributed by atoms with Crippen LogP contribution in [-0.4, -0.2) is 43.6 Å². The monoisotopic (exact) mass is 329 g/mol. The van der Waals surface area contributed by atoms with Gasteiger partial charge in [-0.1, -0.05) is 29.8 Å². The van der Waals surface area contributed by atoms with E-state index in [4.69, 9.17) is 9.47 Å². The minimum atomic E-state index is -0.471. The van der Waals surface area contributed by atoms with Crippen LogP contribution in [0.15, 0.2) is 41.1 Å². The molecule has 0 bridgehead atoms. The number of amides is 1. The van der Waals surface area contributed by atoms with E-state index in [-0.39, 0.29) is 12.5 Å². The molecule has 5 nitrogen and oxygen atoms in total. The number of nitrogens with zero attached hydrogens (tertiary/aromatic N) is 1. The molecule has 5 heteroatoms. The highest BCUT2D eigenvalue weighted by Crippen LogP contribution is 2.31. The zero-order valence-electron chi connectivity index (χ0n) is 14.6. The van der Waals surface area contributed by atoms with Crippen LogP contribution in [0.25, 0.3) is 6.08 Å². The zero-order chi connectivity index (χ0) is 17.7. The molecule has 0 saturated carbocycles. The average Bonchev–Trinajstić information content (AvgIpc) is 2.78. The van der Waals surface area contributed by atoms with Crippen LogP contribution in [0.1, 0.15) is 25.0 Å². The summed E-state index contributed by atoms with van der Waals surface area (Å²) in [6, 6.07) is 7.78. The third-order valence-corrected chi connectivity index (χ3v) is 3.90. The van der Waals surface area contributed by atoms with Gasteiger partial charge in [0.05, 0.1) is 24.4 Å². The summed E-state index contributed by atoms with van der Waals surface area (Å²) in [5.41, 5.74) is 3.30. The summed E-state index contributed by atoms with van der Waals surface area (Å²) in [5, 5.41) is 0. The third-order valence-electron chi connectivity index (χ3n) is 3.90. The molecule has 0 aliphatic carbocycles. The van der Waals surface area contributed by atoms with Gasteiger partial charge in [0.1, 0.15) is 0 Å². The van der Waals surface area contributed by atoms with E-state index in [1.165, 1.54) is 0 Å². The minimum Gasteiger partial charge on any atom is -0.462 e. The Morgan fingerprint density at radius 1 is 1.21 bits per heavy atom. The van der Waals surface area contributed by atoms with Gasteiger partial charge in [-0.25, -0.2) is 4.79 Å². The Morgan fingerprint density at radius 2 is 1.88 bits per heavy atom. The molecule has 1 aliphatic heterocycles. The Bertz CT molecular complexity index is 686. The Hall–Kier alpha value is -2.40. The van der Waals surface area contributed by atoms with Gasteiger partial charge >= 0.3 is 5.97 Å². The van der Waals surface area contributed by atoms with Crippen molar-refractivity contribution < 1.29 is 19.1 Å². The van der Waals surface area contributed by atoms with E-state index in [1.54, 1.807) is 31.9 Å². The van der Waals surface area contributed by atoms with E-state index < -0.39 is 5.97 Å². The highest BCUT2D eigenvalue weighted by molar-refractivity contribution is 6.16. The topological polar surface area (TPSA) is 55.8 Å². The number of rotatable bonds is 6. The van der Waals surface area contributed by atoms with Crippen molar-refractivity contribution in [2.24, 2.45) is 0 Å². The highest BCUT2D eigenvalue weighted by Gasteiger charge is 2.36. The van der Waals surface area contributed by atoms with Crippen molar-refractivity contribution in [2.75, 3.05) is 26.9 Å². The van der Waals surface area contributed by atoms with Crippen molar-refractivity contribution in [2.45, 2.75) is 20.8 Å². The molecule has 0 spiro atoms. The number of hydrogen-bond acceptors (Lipinski definition) is 4. The summed E-state index contributed by atoms with van der Waals surface area (Å²) < 4.78 is 10.2. The van der Waals surface area contributed by atoms with E-state index in [1.807, 2.05) is 31.2 Å². The largest absolute Gasteiger partial charge is 0.462 e. The van der Waals surface area contributed by atoms with Crippen molar-refractivity contribution in [1.82, 2.24) is 4.90 Å². The summed E-state index contributed by atoms with van der Waals surface area (Å²) in [6.07, 6.45) is 1.74. The maximum Gasteiger partial charge on any atom is 0.340 e. The molecular weight excluding hydrogens is 306 g/mol. The van der Waals surface area contributed by atoms with Crippen LogP contribution in [-0.2, 0) is 19.1 Å². The lowest BCUT2D eigenvalue weighted by molar-refractivity contribution is -0.138. The predicted molar refractivity (Wildman–Crippen MR) is 92.1 cm³/mol. The number of esters is 1. The van der Waals surface area contributed by atoms with Gasteiger partial charge in [0.2, 0.25) is 0 Å². The molecule has 24 heavy (non-hydrogen) atoms. The van der Waals surface area contributed by atoms with Crippen LogP contribution in [0, 0.1) is 6.92 Å². The molecule has 1 heterocycles. The molecule has 0 N–H and O–H groups in total. The maximum absolute atomic E-state index is 12.8. The molecule has 1 aromatic carbocycles. The van der Waals surface area contributed by atoms with Crippen molar-refractivity contribution in [1.29, 1.82) is 0 Å². The van der Waals surface area contributed by atoms with E-state index in [2.05, 4.69) is 0 Å². The number of benzene rings is 1. The number of allylic oxidation sites excluding steroid dienone is 1. The maximum atomic E-state index is 12.8. The lowest BCUT2D eigenvalue weighted by atomic mass is 10.0. The number of hydrogen-bond donors (Lipinski definition) is 0.